The van der Waals surface area contributed by atoms with E-state index in [4.69, 9.17) is 4.74 Å². The summed E-state index contributed by atoms with van der Waals surface area (Å²) in [5.74, 6) is 1.02. The molecule has 0 aliphatic rings. The van der Waals surface area contributed by atoms with E-state index in [1.807, 2.05) is 13.0 Å². The quantitative estimate of drug-likeness (QED) is 0.747. The Kier molecular flexibility index (Phi) is 2.75. The summed E-state index contributed by atoms with van der Waals surface area (Å²) < 4.78 is 5.32. The highest BCUT2D eigenvalue weighted by molar-refractivity contribution is 5.76. The van der Waals surface area contributed by atoms with Crippen LogP contribution in [0.2, 0.25) is 0 Å². The van der Waals surface area contributed by atoms with Gasteiger partial charge in [-0.1, -0.05) is 0 Å². The molecule has 0 aliphatic heterocycles. The Morgan fingerprint density at radius 3 is 2.95 bits per heavy atom. The Hall–Kier alpha value is -2.63. The fraction of sp³-hybridized carbons (Fsp3) is 0.154. The lowest BCUT2D eigenvalue weighted by molar-refractivity contribution is 0.328. The first-order chi connectivity index (χ1) is 9.28. The number of fused-ring (bicyclic) bond motifs is 1. The molecule has 0 radical (unpaired) electrons. The van der Waals surface area contributed by atoms with Crippen LogP contribution < -0.4 is 10.2 Å². The zero-order chi connectivity index (χ0) is 13.2. The standard InChI is InChI=1S/C13H12N4O2/c1-2-19-11-4-3-9-13(16-11)17-12(15-9)8-7-14-6-5-10(8)18/h3-7H,2H2,1H3,(H,14,18)(H,15,16,17). The summed E-state index contributed by atoms with van der Waals surface area (Å²) in [6.07, 6.45) is 3.20. The molecule has 19 heavy (non-hydrogen) atoms. The average molecular weight is 256 g/mol. The Bertz CT molecular complexity index is 775. The summed E-state index contributed by atoms with van der Waals surface area (Å²) >= 11 is 0. The molecule has 0 spiro atoms. The highest BCUT2D eigenvalue weighted by Crippen LogP contribution is 2.18. The van der Waals surface area contributed by atoms with Gasteiger partial charge < -0.3 is 14.7 Å². The molecule has 6 heteroatoms. The molecule has 96 valence electrons. The van der Waals surface area contributed by atoms with Gasteiger partial charge in [0, 0.05) is 24.5 Å². The van der Waals surface area contributed by atoms with Crippen molar-refractivity contribution in [3.63, 3.8) is 0 Å². The molecule has 0 unspecified atom stereocenters. The van der Waals surface area contributed by atoms with Crippen LogP contribution in [0.25, 0.3) is 22.6 Å². The van der Waals surface area contributed by atoms with Gasteiger partial charge in [0.25, 0.3) is 0 Å². The highest BCUT2D eigenvalue weighted by atomic mass is 16.5. The van der Waals surface area contributed by atoms with Crippen LogP contribution in [0.1, 0.15) is 6.92 Å². The van der Waals surface area contributed by atoms with Crippen LogP contribution in [0.5, 0.6) is 5.88 Å². The third-order valence-corrected chi connectivity index (χ3v) is 2.69. The molecule has 3 aromatic rings. The van der Waals surface area contributed by atoms with Gasteiger partial charge in [-0.15, -0.1) is 0 Å². The maximum atomic E-state index is 11.7. The number of aromatic amines is 2. The molecule has 2 N–H and O–H groups in total. The second-order valence-corrected chi connectivity index (χ2v) is 3.96. The number of nitrogens with one attached hydrogen (secondary N) is 2. The molecular weight excluding hydrogens is 244 g/mol. The van der Waals surface area contributed by atoms with Crippen molar-refractivity contribution in [2.45, 2.75) is 6.92 Å². The topological polar surface area (TPSA) is 83.7 Å². The SMILES string of the molecule is CCOc1ccc2[nH]c(-c3c[nH]ccc3=O)nc2n1. The zero-order valence-electron chi connectivity index (χ0n) is 10.3. The van der Waals surface area contributed by atoms with E-state index >= 15 is 0 Å². The first kappa shape index (κ1) is 11.5. The number of hydrogen-bond donors (Lipinski definition) is 2. The minimum absolute atomic E-state index is 0.0946. The molecule has 0 amide bonds. The molecule has 0 saturated carbocycles. The number of imidazole rings is 1. The number of rotatable bonds is 3. The Morgan fingerprint density at radius 1 is 1.26 bits per heavy atom. The van der Waals surface area contributed by atoms with Gasteiger partial charge in [0.15, 0.2) is 11.1 Å². The summed E-state index contributed by atoms with van der Waals surface area (Å²) in [7, 11) is 0. The number of aromatic nitrogens is 4. The number of ether oxygens (including phenoxy) is 1. The van der Waals surface area contributed by atoms with Gasteiger partial charge in [-0.25, -0.2) is 4.98 Å². The van der Waals surface area contributed by atoms with Crippen molar-refractivity contribution in [2.24, 2.45) is 0 Å². The summed E-state index contributed by atoms with van der Waals surface area (Å²) in [5.41, 5.74) is 1.69. The zero-order valence-corrected chi connectivity index (χ0v) is 10.3. The van der Waals surface area contributed by atoms with Gasteiger partial charge in [-0.3, -0.25) is 4.79 Å². The van der Waals surface area contributed by atoms with Gasteiger partial charge >= 0.3 is 0 Å². The predicted molar refractivity (Wildman–Crippen MR) is 71.1 cm³/mol. The van der Waals surface area contributed by atoms with E-state index in [-0.39, 0.29) is 5.43 Å². The van der Waals surface area contributed by atoms with E-state index in [1.54, 1.807) is 18.5 Å². The van der Waals surface area contributed by atoms with E-state index in [0.717, 1.165) is 5.52 Å². The fourth-order valence-corrected chi connectivity index (χ4v) is 1.83. The Morgan fingerprint density at radius 2 is 2.16 bits per heavy atom. The molecule has 6 nitrogen and oxygen atoms in total. The third kappa shape index (κ3) is 2.08. The van der Waals surface area contributed by atoms with Gasteiger partial charge in [0.2, 0.25) is 5.88 Å². The predicted octanol–water partition coefficient (Wildman–Crippen LogP) is 1.71. The highest BCUT2D eigenvalue weighted by Gasteiger charge is 2.09. The van der Waals surface area contributed by atoms with Gasteiger partial charge in [-0.05, 0) is 13.0 Å². The lowest BCUT2D eigenvalue weighted by Gasteiger charge is -1.99. The van der Waals surface area contributed by atoms with E-state index in [1.165, 1.54) is 6.07 Å². The van der Waals surface area contributed by atoms with Gasteiger partial charge in [0.05, 0.1) is 17.7 Å². The van der Waals surface area contributed by atoms with Crippen molar-refractivity contribution >= 4 is 11.2 Å². The first-order valence-corrected chi connectivity index (χ1v) is 5.95. The summed E-state index contributed by atoms with van der Waals surface area (Å²) in [5, 5.41) is 0. The lowest BCUT2D eigenvalue weighted by atomic mass is 10.2. The lowest BCUT2D eigenvalue weighted by Crippen LogP contribution is -2.03. The van der Waals surface area contributed by atoms with Crippen molar-refractivity contribution in [3.05, 3.63) is 40.8 Å². The first-order valence-electron chi connectivity index (χ1n) is 5.95. The minimum Gasteiger partial charge on any atom is -0.478 e. The molecule has 3 aromatic heterocycles. The largest absolute Gasteiger partial charge is 0.478 e. The molecule has 0 aliphatic carbocycles. The maximum absolute atomic E-state index is 11.7. The smallest absolute Gasteiger partial charge is 0.215 e. The van der Waals surface area contributed by atoms with Crippen LogP contribution in [0.3, 0.4) is 0 Å². The third-order valence-electron chi connectivity index (χ3n) is 2.69. The molecule has 0 saturated heterocycles. The van der Waals surface area contributed by atoms with E-state index in [0.29, 0.717) is 29.5 Å². The van der Waals surface area contributed by atoms with Crippen molar-refractivity contribution in [2.75, 3.05) is 6.61 Å². The number of nitrogens with zero attached hydrogens (tertiary/aromatic N) is 2. The molecule has 0 fully saturated rings. The average Bonchev–Trinajstić information content (AvgIpc) is 2.82. The van der Waals surface area contributed by atoms with Crippen LogP contribution in [0.15, 0.2) is 35.4 Å². The molecule has 3 heterocycles. The summed E-state index contributed by atoms with van der Waals surface area (Å²) in [6, 6.07) is 5.06. The van der Waals surface area contributed by atoms with Crippen LogP contribution in [-0.2, 0) is 0 Å². The monoisotopic (exact) mass is 256 g/mol. The van der Waals surface area contributed by atoms with Gasteiger partial charge in [0.1, 0.15) is 5.82 Å². The summed E-state index contributed by atoms with van der Waals surface area (Å²) in [4.78, 5) is 26.3. The molecular formula is C13H12N4O2. The van der Waals surface area contributed by atoms with Gasteiger partial charge in [-0.2, -0.15) is 4.98 Å². The van der Waals surface area contributed by atoms with E-state index in [2.05, 4.69) is 19.9 Å². The van der Waals surface area contributed by atoms with Crippen molar-refractivity contribution in [3.8, 4) is 17.3 Å². The fourth-order valence-electron chi connectivity index (χ4n) is 1.83. The van der Waals surface area contributed by atoms with Crippen LogP contribution in [0, 0.1) is 0 Å². The maximum Gasteiger partial charge on any atom is 0.215 e. The van der Waals surface area contributed by atoms with Crippen LogP contribution in [-0.4, -0.2) is 26.5 Å². The molecule has 0 aromatic carbocycles. The summed E-state index contributed by atoms with van der Waals surface area (Å²) in [6.45, 7) is 2.44. The molecule has 3 rings (SSSR count). The second kappa shape index (κ2) is 4.56. The van der Waals surface area contributed by atoms with Crippen LogP contribution in [0.4, 0.5) is 0 Å². The second-order valence-electron chi connectivity index (χ2n) is 3.96. The number of H-pyrrole nitrogens is 2. The van der Waals surface area contributed by atoms with E-state index in [9.17, 15) is 4.79 Å². The van der Waals surface area contributed by atoms with Crippen molar-refractivity contribution in [1.82, 2.24) is 19.9 Å². The van der Waals surface area contributed by atoms with Crippen molar-refractivity contribution < 1.29 is 4.74 Å². The van der Waals surface area contributed by atoms with Crippen molar-refractivity contribution in [1.29, 1.82) is 0 Å². The Balaban J connectivity index is 2.12. The number of hydrogen-bond acceptors (Lipinski definition) is 4. The number of pyridine rings is 2. The molecule has 0 bridgehead atoms. The van der Waals surface area contributed by atoms with Crippen LogP contribution >= 0.6 is 0 Å². The Labute approximate surface area is 108 Å². The minimum atomic E-state index is -0.0946. The normalized spacial score (nSPS) is 10.8. The molecule has 0 atom stereocenters. The van der Waals surface area contributed by atoms with E-state index < -0.39 is 0 Å².